The van der Waals surface area contributed by atoms with Gasteiger partial charge in [0.25, 0.3) is 0 Å². The zero-order valence-electron chi connectivity index (χ0n) is 9.07. The summed E-state index contributed by atoms with van der Waals surface area (Å²) in [6.45, 7) is 4.30. The molecule has 80 valence electrons. The van der Waals surface area contributed by atoms with E-state index >= 15 is 0 Å². The Balaban J connectivity index is 2.58. The second kappa shape index (κ2) is 5.86. The highest BCUT2D eigenvalue weighted by molar-refractivity contribution is 5.03. The van der Waals surface area contributed by atoms with E-state index in [1.165, 1.54) is 0 Å². The van der Waals surface area contributed by atoms with Crippen LogP contribution >= 0.6 is 0 Å². The number of aliphatic hydroxyl groups excluding tert-OH is 1. The first-order chi connectivity index (χ1) is 6.79. The summed E-state index contributed by atoms with van der Waals surface area (Å²) in [5.41, 5.74) is 0. The first kappa shape index (κ1) is 11.3. The normalized spacial score (nSPS) is 13.4. The van der Waals surface area contributed by atoms with Gasteiger partial charge < -0.3 is 9.52 Å². The summed E-state index contributed by atoms with van der Waals surface area (Å²) in [4.78, 5) is 0. The Morgan fingerprint density at radius 3 is 2.36 bits per heavy atom. The molecule has 0 radical (unpaired) electrons. The van der Waals surface area contributed by atoms with Crippen LogP contribution in [0, 0.1) is 5.92 Å². The van der Waals surface area contributed by atoms with Crippen LogP contribution in [0.5, 0.6) is 0 Å². The van der Waals surface area contributed by atoms with Crippen molar-refractivity contribution in [1.29, 1.82) is 0 Å². The summed E-state index contributed by atoms with van der Waals surface area (Å²) in [5, 5.41) is 10.0. The fourth-order valence-corrected chi connectivity index (χ4v) is 1.89. The first-order valence-corrected chi connectivity index (χ1v) is 5.51. The Morgan fingerprint density at radius 2 is 1.93 bits per heavy atom. The van der Waals surface area contributed by atoms with Crippen molar-refractivity contribution in [3.05, 3.63) is 24.2 Å². The lowest BCUT2D eigenvalue weighted by molar-refractivity contribution is 0.0755. The molecular weight excluding hydrogens is 176 g/mol. The van der Waals surface area contributed by atoms with Gasteiger partial charge >= 0.3 is 0 Å². The van der Waals surface area contributed by atoms with Crippen LogP contribution in [0.4, 0.5) is 0 Å². The summed E-state index contributed by atoms with van der Waals surface area (Å²) in [6, 6.07) is 3.68. The Hall–Kier alpha value is -0.760. The van der Waals surface area contributed by atoms with Crippen molar-refractivity contribution in [1.82, 2.24) is 0 Å². The van der Waals surface area contributed by atoms with Crippen molar-refractivity contribution in [2.75, 3.05) is 0 Å². The predicted molar refractivity (Wildman–Crippen MR) is 57.0 cm³/mol. The molecule has 1 unspecified atom stereocenters. The molecule has 1 aromatic heterocycles. The van der Waals surface area contributed by atoms with E-state index in [1.54, 1.807) is 6.26 Å². The summed E-state index contributed by atoms with van der Waals surface area (Å²) in [7, 11) is 0. The Kier molecular flexibility index (Phi) is 4.74. The van der Waals surface area contributed by atoms with E-state index in [4.69, 9.17) is 4.42 Å². The van der Waals surface area contributed by atoms with E-state index in [-0.39, 0.29) is 0 Å². The minimum absolute atomic E-state index is 0.344. The summed E-state index contributed by atoms with van der Waals surface area (Å²) < 4.78 is 5.22. The molecule has 0 aliphatic carbocycles. The molecule has 0 aliphatic rings. The van der Waals surface area contributed by atoms with Crippen LogP contribution < -0.4 is 0 Å². The van der Waals surface area contributed by atoms with Crippen molar-refractivity contribution in [3.63, 3.8) is 0 Å². The van der Waals surface area contributed by atoms with Gasteiger partial charge in [-0.3, -0.25) is 0 Å². The molecule has 14 heavy (non-hydrogen) atoms. The minimum atomic E-state index is -0.426. The van der Waals surface area contributed by atoms with Crippen molar-refractivity contribution in [2.45, 2.75) is 45.6 Å². The van der Waals surface area contributed by atoms with E-state index in [2.05, 4.69) is 13.8 Å². The third-order valence-corrected chi connectivity index (χ3v) is 2.60. The molecule has 1 aromatic rings. The maximum absolute atomic E-state index is 10.0. The molecule has 0 bridgehead atoms. The van der Waals surface area contributed by atoms with Crippen LogP contribution in [0.15, 0.2) is 22.8 Å². The fraction of sp³-hybridized carbons (Fsp3) is 0.667. The monoisotopic (exact) mass is 196 g/mol. The predicted octanol–water partition coefficient (Wildman–Crippen LogP) is 3.53. The molecule has 2 heteroatoms. The van der Waals surface area contributed by atoms with Gasteiger partial charge in [-0.25, -0.2) is 0 Å². The van der Waals surface area contributed by atoms with Gasteiger partial charge in [-0.05, 0) is 30.9 Å². The number of aliphatic hydroxyl groups is 1. The molecule has 0 amide bonds. The SMILES string of the molecule is CCCC(CCC)C(O)c1ccco1. The molecule has 0 aliphatic heterocycles. The average molecular weight is 196 g/mol. The maximum atomic E-state index is 10.0. The van der Waals surface area contributed by atoms with Crippen molar-refractivity contribution >= 4 is 0 Å². The lowest BCUT2D eigenvalue weighted by atomic mass is 9.91. The van der Waals surface area contributed by atoms with Gasteiger partial charge in [0.1, 0.15) is 11.9 Å². The molecule has 0 saturated heterocycles. The molecule has 1 heterocycles. The maximum Gasteiger partial charge on any atom is 0.132 e. The van der Waals surface area contributed by atoms with Crippen molar-refractivity contribution in [3.8, 4) is 0 Å². The van der Waals surface area contributed by atoms with Gasteiger partial charge in [-0.1, -0.05) is 26.7 Å². The Morgan fingerprint density at radius 1 is 1.29 bits per heavy atom. The zero-order chi connectivity index (χ0) is 10.4. The second-order valence-corrected chi connectivity index (χ2v) is 3.80. The third-order valence-electron chi connectivity index (χ3n) is 2.60. The van der Waals surface area contributed by atoms with Gasteiger partial charge in [0.05, 0.1) is 6.26 Å². The van der Waals surface area contributed by atoms with Gasteiger partial charge in [-0.2, -0.15) is 0 Å². The van der Waals surface area contributed by atoms with Crippen LogP contribution in [0.1, 0.15) is 51.4 Å². The topological polar surface area (TPSA) is 33.4 Å². The number of rotatable bonds is 6. The molecule has 0 aromatic carbocycles. The molecule has 0 fully saturated rings. The molecule has 0 spiro atoms. The molecule has 0 saturated carbocycles. The minimum Gasteiger partial charge on any atom is -0.467 e. The molecular formula is C12H20O2. The Bertz CT molecular complexity index is 222. The van der Waals surface area contributed by atoms with Gasteiger partial charge in [-0.15, -0.1) is 0 Å². The summed E-state index contributed by atoms with van der Waals surface area (Å²) in [5.74, 6) is 1.05. The lowest BCUT2D eigenvalue weighted by Crippen LogP contribution is -2.11. The lowest BCUT2D eigenvalue weighted by Gasteiger charge is -2.20. The fourth-order valence-electron chi connectivity index (χ4n) is 1.89. The highest BCUT2D eigenvalue weighted by atomic mass is 16.4. The van der Waals surface area contributed by atoms with E-state index < -0.39 is 6.10 Å². The first-order valence-electron chi connectivity index (χ1n) is 5.51. The number of furan rings is 1. The summed E-state index contributed by atoms with van der Waals surface area (Å²) in [6.07, 6.45) is 5.55. The van der Waals surface area contributed by atoms with Gasteiger partial charge in [0.2, 0.25) is 0 Å². The van der Waals surface area contributed by atoms with E-state index in [0.29, 0.717) is 11.7 Å². The second-order valence-electron chi connectivity index (χ2n) is 3.80. The van der Waals surface area contributed by atoms with Crippen molar-refractivity contribution < 1.29 is 9.52 Å². The highest BCUT2D eigenvalue weighted by Gasteiger charge is 2.21. The number of hydrogen-bond donors (Lipinski definition) is 1. The van der Waals surface area contributed by atoms with Crippen LogP contribution in [-0.2, 0) is 0 Å². The van der Waals surface area contributed by atoms with Crippen LogP contribution in [0.25, 0.3) is 0 Å². The molecule has 2 nitrogen and oxygen atoms in total. The van der Waals surface area contributed by atoms with E-state index in [0.717, 1.165) is 25.7 Å². The van der Waals surface area contributed by atoms with Crippen LogP contribution in [-0.4, -0.2) is 5.11 Å². The zero-order valence-corrected chi connectivity index (χ0v) is 9.07. The largest absolute Gasteiger partial charge is 0.467 e. The molecule has 1 rings (SSSR count). The van der Waals surface area contributed by atoms with Gasteiger partial charge in [0.15, 0.2) is 0 Å². The number of hydrogen-bond acceptors (Lipinski definition) is 2. The molecule has 1 atom stereocenters. The quantitative estimate of drug-likeness (QED) is 0.755. The standard InChI is InChI=1S/C12H20O2/c1-3-6-10(7-4-2)12(13)11-8-5-9-14-11/h5,8-10,12-13H,3-4,6-7H2,1-2H3. The van der Waals surface area contributed by atoms with E-state index in [1.807, 2.05) is 12.1 Å². The third kappa shape index (κ3) is 2.88. The smallest absolute Gasteiger partial charge is 0.132 e. The van der Waals surface area contributed by atoms with E-state index in [9.17, 15) is 5.11 Å². The Labute approximate surface area is 85.9 Å². The summed E-state index contributed by atoms with van der Waals surface area (Å²) >= 11 is 0. The van der Waals surface area contributed by atoms with Gasteiger partial charge in [0, 0.05) is 0 Å². The highest BCUT2D eigenvalue weighted by Crippen LogP contribution is 2.29. The van der Waals surface area contributed by atoms with Crippen molar-refractivity contribution in [2.24, 2.45) is 5.92 Å². The molecule has 1 N–H and O–H groups in total. The van der Waals surface area contributed by atoms with Crippen LogP contribution in [0.2, 0.25) is 0 Å². The average Bonchev–Trinajstić information content (AvgIpc) is 2.69. The van der Waals surface area contributed by atoms with Crippen LogP contribution in [0.3, 0.4) is 0 Å².